The summed E-state index contributed by atoms with van der Waals surface area (Å²) in [5, 5.41) is 4.58. The van der Waals surface area contributed by atoms with E-state index in [1.54, 1.807) is 11.3 Å². The van der Waals surface area contributed by atoms with Crippen molar-refractivity contribution in [1.82, 2.24) is 15.2 Å². The molecule has 1 aromatic heterocycles. The van der Waals surface area contributed by atoms with Crippen molar-refractivity contribution in [3.8, 4) is 0 Å². The van der Waals surface area contributed by atoms with Crippen LogP contribution >= 0.6 is 35.3 Å². The molecule has 0 bridgehead atoms. The zero-order chi connectivity index (χ0) is 15.8. The number of aromatic nitrogens is 1. The molecule has 1 aliphatic carbocycles. The van der Waals surface area contributed by atoms with Gasteiger partial charge in [0.25, 0.3) is 0 Å². The van der Waals surface area contributed by atoms with Gasteiger partial charge in [0, 0.05) is 51.3 Å². The molecule has 23 heavy (non-hydrogen) atoms. The van der Waals surface area contributed by atoms with Crippen LogP contribution in [-0.4, -0.2) is 56.2 Å². The number of hydrogen-bond acceptors (Lipinski definition) is 4. The number of hydrogen-bond donors (Lipinski definition) is 1. The molecule has 1 N–H and O–H groups in total. The van der Waals surface area contributed by atoms with Crippen LogP contribution in [0.3, 0.4) is 0 Å². The summed E-state index contributed by atoms with van der Waals surface area (Å²) in [4.78, 5) is 12.2. The lowest BCUT2D eigenvalue weighted by Crippen LogP contribution is -2.41. The summed E-state index contributed by atoms with van der Waals surface area (Å²) in [6.07, 6.45) is 6.68. The van der Waals surface area contributed by atoms with Crippen molar-refractivity contribution in [2.24, 2.45) is 10.9 Å². The quantitative estimate of drug-likeness (QED) is 0.271. The fraction of sp³-hybridized carbons (Fsp3) is 0.750. The second-order valence-corrected chi connectivity index (χ2v) is 6.94. The van der Waals surface area contributed by atoms with Crippen LogP contribution in [-0.2, 0) is 17.6 Å². The number of ether oxygens (including phenoxy) is 1. The van der Waals surface area contributed by atoms with Crippen molar-refractivity contribution < 1.29 is 4.74 Å². The average Bonchev–Trinajstić information content (AvgIpc) is 3.24. The molecule has 1 saturated carbocycles. The molecule has 0 radical (unpaired) electrons. The van der Waals surface area contributed by atoms with Gasteiger partial charge in [0.2, 0.25) is 0 Å². The minimum atomic E-state index is 0. The van der Waals surface area contributed by atoms with Crippen LogP contribution < -0.4 is 5.32 Å². The van der Waals surface area contributed by atoms with E-state index < -0.39 is 0 Å². The van der Waals surface area contributed by atoms with Crippen LogP contribution in [0.4, 0.5) is 0 Å². The van der Waals surface area contributed by atoms with Gasteiger partial charge in [-0.1, -0.05) is 6.92 Å². The lowest BCUT2D eigenvalue weighted by Gasteiger charge is -2.21. The molecule has 0 aromatic carbocycles. The zero-order valence-electron chi connectivity index (χ0n) is 14.4. The first-order valence-corrected chi connectivity index (χ1v) is 8.97. The monoisotopic (exact) mass is 452 g/mol. The molecule has 0 amide bonds. The Bertz CT molecular complexity index is 476. The minimum absolute atomic E-state index is 0. The smallest absolute Gasteiger partial charge is 0.193 e. The normalized spacial score (nSPS) is 14.5. The van der Waals surface area contributed by atoms with Gasteiger partial charge < -0.3 is 15.0 Å². The van der Waals surface area contributed by atoms with Gasteiger partial charge in [0.15, 0.2) is 5.96 Å². The number of likely N-dealkylation sites (N-methyl/N-ethyl adjacent to an activating group) is 1. The third kappa shape index (κ3) is 7.80. The Morgan fingerprint density at radius 3 is 2.91 bits per heavy atom. The SMILES string of the molecule is CCc1cnc(CCNC(=NC)N(C)CCOCC2CC2)s1.I. The molecule has 1 aliphatic rings. The molecular formula is C16H29IN4OS. The molecule has 0 spiro atoms. The summed E-state index contributed by atoms with van der Waals surface area (Å²) in [6.45, 7) is 5.57. The predicted octanol–water partition coefficient (Wildman–Crippen LogP) is 2.80. The van der Waals surface area contributed by atoms with Crippen molar-refractivity contribution in [2.75, 3.05) is 40.4 Å². The Kier molecular flexibility index (Phi) is 10.0. The molecule has 1 heterocycles. The second-order valence-electron chi connectivity index (χ2n) is 5.74. The van der Waals surface area contributed by atoms with E-state index >= 15 is 0 Å². The maximum atomic E-state index is 5.68. The number of thiazole rings is 1. The number of nitrogens with zero attached hydrogens (tertiary/aromatic N) is 3. The van der Waals surface area contributed by atoms with E-state index in [4.69, 9.17) is 4.74 Å². The first kappa shape index (κ1) is 20.6. The van der Waals surface area contributed by atoms with Crippen LogP contribution in [0.2, 0.25) is 0 Å². The van der Waals surface area contributed by atoms with E-state index in [1.807, 2.05) is 20.3 Å². The molecule has 0 aliphatic heterocycles. The highest BCUT2D eigenvalue weighted by molar-refractivity contribution is 14.0. The van der Waals surface area contributed by atoms with E-state index in [-0.39, 0.29) is 24.0 Å². The maximum Gasteiger partial charge on any atom is 0.193 e. The van der Waals surface area contributed by atoms with E-state index in [9.17, 15) is 0 Å². The Morgan fingerprint density at radius 2 is 2.30 bits per heavy atom. The molecule has 7 heteroatoms. The molecule has 1 fully saturated rings. The zero-order valence-corrected chi connectivity index (χ0v) is 17.5. The highest BCUT2D eigenvalue weighted by Crippen LogP contribution is 2.28. The first-order chi connectivity index (χ1) is 10.7. The number of nitrogens with one attached hydrogen (secondary N) is 1. The lowest BCUT2D eigenvalue weighted by atomic mass is 10.4. The van der Waals surface area contributed by atoms with Gasteiger partial charge in [-0.2, -0.15) is 0 Å². The Morgan fingerprint density at radius 1 is 1.52 bits per heavy atom. The van der Waals surface area contributed by atoms with Crippen molar-refractivity contribution in [3.63, 3.8) is 0 Å². The van der Waals surface area contributed by atoms with Gasteiger partial charge >= 0.3 is 0 Å². The molecule has 2 rings (SSSR count). The van der Waals surface area contributed by atoms with Crippen LogP contribution in [0.5, 0.6) is 0 Å². The Hall–Kier alpha value is -0.410. The van der Waals surface area contributed by atoms with Gasteiger partial charge in [-0.3, -0.25) is 4.99 Å². The summed E-state index contributed by atoms with van der Waals surface area (Å²) in [7, 11) is 3.87. The van der Waals surface area contributed by atoms with Crippen molar-refractivity contribution >= 4 is 41.3 Å². The van der Waals surface area contributed by atoms with E-state index in [0.717, 1.165) is 51.0 Å². The molecule has 1 aromatic rings. The lowest BCUT2D eigenvalue weighted by molar-refractivity contribution is 0.115. The highest BCUT2D eigenvalue weighted by Gasteiger charge is 2.21. The fourth-order valence-corrected chi connectivity index (χ4v) is 3.00. The summed E-state index contributed by atoms with van der Waals surface area (Å²) in [5.41, 5.74) is 0. The third-order valence-electron chi connectivity index (χ3n) is 3.77. The van der Waals surface area contributed by atoms with Crippen LogP contribution in [0.15, 0.2) is 11.2 Å². The van der Waals surface area contributed by atoms with E-state index in [0.29, 0.717) is 0 Å². The average molecular weight is 452 g/mol. The number of aliphatic imine (C=N–C) groups is 1. The van der Waals surface area contributed by atoms with Gasteiger partial charge in [-0.05, 0) is 25.2 Å². The fourth-order valence-electron chi connectivity index (χ4n) is 2.13. The van der Waals surface area contributed by atoms with E-state index in [2.05, 4.69) is 27.1 Å². The van der Waals surface area contributed by atoms with Crippen LogP contribution in [0.1, 0.15) is 29.7 Å². The standard InChI is InChI=1S/C16H28N4OS.HI/c1-4-14-11-19-15(22-14)7-8-18-16(17-2)20(3)9-10-21-12-13-5-6-13;/h11,13H,4-10,12H2,1-3H3,(H,17,18);1H. The molecule has 0 unspecified atom stereocenters. The van der Waals surface area contributed by atoms with Gasteiger partial charge in [-0.25, -0.2) is 4.98 Å². The predicted molar refractivity (Wildman–Crippen MR) is 108 cm³/mol. The molecule has 0 saturated heterocycles. The summed E-state index contributed by atoms with van der Waals surface area (Å²) < 4.78 is 5.68. The highest BCUT2D eigenvalue weighted by atomic mass is 127. The Balaban J connectivity index is 0.00000264. The molecule has 0 atom stereocenters. The van der Waals surface area contributed by atoms with Crippen LogP contribution in [0, 0.1) is 5.92 Å². The van der Waals surface area contributed by atoms with Crippen molar-refractivity contribution in [3.05, 3.63) is 16.1 Å². The number of rotatable bonds is 9. The van der Waals surface area contributed by atoms with Gasteiger partial charge in [0.05, 0.1) is 11.6 Å². The van der Waals surface area contributed by atoms with Crippen molar-refractivity contribution in [1.29, 1.82) is 0 Å². The topological polar surface area (TPSA) is 49.8 Å². The second kappa shape index (κ2) is 11.2. The molecule has 132 valence electrons. The van der Waals surface area contributed by atoms with Gasteiger partial charge in [-0.15, -0.1) is 35.3 Å². The summed E-state index contributed by atoms with van der Waals surface area (Å²) >= 11 is 1.80. The van der Waals surface area contributed by atoms with Crippen LogP contribution in [0.25, 0.3) is 0 Å². The number of guanidine groups is 1. The Labute approximate surface area is 160 Å². The summed E-state index contributed by atoms with van der Waals surface area (Å²) in [6, 6.07) is 0. The number of halogens is 1. The minimum Gasteiger partial charge on any atom is -0.379 e. The maximum absolute atomic E-state index is 5.68. The van der Waals surface area contributed by atoms with E-state index in [1.165, 1.54) is 22.7 Å². The van der Waals surface area contributed by atoms with Gasteiger partial charge in [0.1, 0.15) is 0 Å². The molecule has 5 nitrogen and oxygen atoms in total. The number of aryl methyl sites for hydroxylation is 1. The third-order valence-corrected chi connectivity index (χ3v) is 4.97. The molecular weight excluding hydrogens is 423 g/mol. The summed E-state index contributed by atoms with van der Waals surface area (Å²) in [5.74, 6) is 1.75. The largest absolute Gasteiger partial charge is 0.379 e. The first-order valence-electron chi connectivity index (χ1n) is 8.16. The van der Waals surface area contributed by atoms with Crippen molar-refractivity contribution in [2.45, 2.75) is 32.6 Å².